The van der Waals surface area contributed by atoms with Crippen molar-refractivity contribution in [3.05, 3.63) is 39.3 Å². The van der Waals surface area contributed by atoms with Crippen LogP contribution in [0.3, 0.4) is 0 Å². The van der Waals surface area contributed by atoms with E-state index in [-0.39, 0.29) is 16.5 Å². The van der Waals surface area contributed by atoms with Crippen LogP contribution in [0.5, 0.6) is 0 Å². The van der Waals surface area contributed by atoms with Crippen molar-refractivity contribution < 1.29 is 12.8 Å². The first-order chi connectivity index (χ1) is 11.8. The third-order valence-corrected chi connectivity index (χ3v) is 6.18. The zero-order chi connectivity index (χ0) is 18.2. The Morgan fingerprint density at radius 3 is 2.72 bits per heavy atom. The number of nitrogens with one attached hydrogen (secondary N) is 1. The van der Waals surface area contributed by atoms with Gasteiger partial charge in [0.25, 0.3) is 0 Å². The van der Waals surface area contributed by atoms with E-state index in [9.17, 15) is 12.8 Å². The van der Waals surface area contributed by atoms with Gasteiger partial charge in [-0.2, -0.15) is 5.10 Å². The van der Waals surface area contributed by atoms with Crippen LogP contribution in [0.1, 0.15) is 31.0 Å². The largest absolute Gasteiger partial charge is 0.281 e. The zero-order valence-electron chi connectivity index (χ0n) is 13.4. The van der Waals surface area contributed by atoms with E-state index in [1.165, 1.54) is 6.07 Å². The molecule has 0 radical (unpaired) electrons. The molecule has 1 N–H and O–H groups in total. The molecule has 25 heavy (non-hydrogen) atoms. The SMILES string of the molecule is CCCS(=O)(=O)Nc1cc(-c2nnc3c(c2Cl)CCC3)c(Cl)cc1F. The van der Waals surface area contributed by atoms with Gasteiger partial charge in [-0.05, 0) is 43.4 Å². The smallest absolute Gasteiger partial charge is 0.232 e. The fourth-order valence-electron chi connectivity index (χ4n) is 2.84. The van der Waals surface area contributed by atoms with Crippen LogP contribution in [0.15, 0.2) is 12.1 Å². The Hall–Kier alpha value is -1.44. The number of benzene rings is 1. The maximum Gasteiger partial charge on any atom is 0.232 e. The summed E-state index contributed by atoms with van der Waals surface area (Å²) in [7, 11) is -3.64. The van der Waals surface area contributed by atoms with Gasteiger partial charge < -0.3 is 0 Å². The molecule has 1 aliphatic rings. The molecule has 9 heteroatoms. The van der Waals surface area contributed by atoms with E-state index in [1.807, 2.05) is 0 Å². The van der Waals surface area contributed by atoms with Crippen molar-refractivity contribution in [3.8, 4) is 11.3 Å². The first-order valence-electron chi connectivity index (χ1n) is 7.86. The van der Waals surface area contributed by atoms with Gasteiger partial charge in [0.15, 0.2) is 0 Å². The lowest BCUT2D eigenvalue weighted by Crippen LogP contribution is -2.17. The van der Waals surface area contributed by atoms with Gasteiger partial charge in [-0.25, -0.2) is 12.8 Å². The monoisotopic (exact) mass is 403 g/mol. The van der Waals surface area contributed by atoms with Crippen molar-refractivity contribution in [1.29, 1.82) is 0 Å². The Balaban J connectivity index is 2.08. The molecule has 0 aliphatic heterocycles. The minimum absolute atomic E-state index is 0.0880. The Bertz CT molecular complexity index is 935. The first kappa shape index (κ1) is 18.4. The molecular weight excluding hydrogens is 388 g/mol. The summed E-state index contributed by atoms with van der Waals surface area (Å²) in [5.74, 6) is -0.872. The molecule has 0 spiro atoms. The second kappa shape index (κ2) is 7.05. The predicted octanol–water partition coefficient (Wildman–Crippen LogP) is 4.23. The number of sulfonamides is 1. The van der Waals surface area contributed by atoms with E-state index in [2.05, 4.69) is 14.9 Å². The van der Waals surface area contributed by atoms with Crippen molar-refractivity contribution >= 4 is 38.9 Å². The molecule has 3 rings (SSSR count). The molecular formula is C16H16Cl2FN3O2S. The van der Waals surface area contributed by atoms with Gasteiger partial charge in [-0.3, -0.25) is 4.72 Å². The molecule has 0 atom stereocenters. The molecule has 2 aromatic rings. The summed E-state index contributed by atoms with van der Waals surface area (Å²) < 4.78 is 40.3. The molecule has 1 aromatic heterocycles. The summed E-state index contributed by atoms with van der Waals surface area (Å²) in [6, 6.07) is 2.36. The van der Waals surface area contributed by atoms with Gasteiger partial charge in [0.2, 0.25) is 10.0 Å². The van der Waals surface area contributed by atoms with Crippen molar-refractivity contribution in [2.45, 2.75) is 32.6 Å². The van der Waals surface area contributed by atoms with E-state index < -0.39 is 15.8 Å². The van der Waals surface area contributed by atoms with Crippen LogP contribution in [0.25, 0.3) is 11.3 Å². The van der Waals surface area contributed by atoms with Gasteiger partial charge in [-0.15, -0.1) is 5.10 Å². The Labute approximate surface area is 155 Å². The summed E-state index contributed by atoms with van der Waals surface area (Å²) >= 11 is 12.6. The Morgan fingerprint density at radius 1 is 1.24 bits per heavy atom. The van der Waals surface area contributed by atoms with E-state index in [1.54, 1.807) is 6.92 Å². The minimum atomic E-state index is -3.64. The molecule has 0 unspecified atom stereocenters. The summed E-state index contributed by atoms with van der Waals surface area (Å²) in [4.78, 5) is 0. The minimum Gasteiger partial charge on any atom is -0.281 e. The Kier molecular flexibility index (Phi) is 5.18. The fourth-order valence-corrected chi connectivity index (χ4v) is 4.55. The second-order valence-electron chi connectivity index (χ2n) is 5.87. The highest BCUT2D eigenvalue weighted by Crippen LogP contribution is 2.38. The molecule has 0 amide bonds. The quantitative estimate of drug-likeness (QED) is 0.810. The van der Waals surface area contributed by atoms with Crippen LogP contribution in [0.4, 0.5) is 10.1 Å². The van der Waals surface area contributed by atoms with Crippen molar-refractivity contribution in [2.24, 2.45) is 0 Å². The third-order valence-electron chi connectivity index (χ3n) is 3.98. The summed E-state index contributed by atoms with van der Waals surface area (Å²) in [6.07, 6.45) is 2.99. The maximum atomic E-state index is 14.2. The van der Waals surface area contributed by atoms with Gasteiger partial charge in [0.1, 0.15) is 11.5 Å². The molecule has 1 aromatic carbocycles. The number of fused-ring (bicyclic) bond motifs is 1. The number of hydrogen-bond acceptors (Lipinski definition) is 4. The molecule has 1 aliphatic carbocycles. The lowest BCUT2D eigenvalue weighted by molar-refractivity contribution is 0.597. The van der Waals surface area contributed by atoms with E-state index in [0.717, 1.165) is 36.6 Å². The van der Waals surface area contributed by atoms with Crippen LogP contribution >= 0.6 is 23.2 Å². The Morgan fingerprint density at radius 2 is 2.00 bits per heavy atom. The number of aryl methyl sites for hydroxylation is 1. The van der Waals surface area contributed by atoms with E-state index in [0.29, 0.717) is 22.7 Å². The zero-order valence-corrected chi connectivity index (χ0v) is 15.8. The maximum absolute atomic E-state index is 14.2. The summed E-state index contributed by atoms with van der Waals surface area (Å²) in [5.41, 5.74) is 2.25. The van der Waals surface area contributed by atoms with Crippen LogP contribution in [0, 0.1) is 5.82 Å². The van der Waals surface area contributed by atoms with Crippen LogP contribution < -0.4 is 4.72 Å². The predicted molar refractivity (Wildman–Crippen MR) is 97.2 cm³/mol. The van der Waals surface area contributed by atoms with E-state index >= 15 is 0 Å². The fraction of sp³-hybridized carbons (Fsp3) is 0.375. The normalized spacial score (nSPS) is 13.8. The molecule has 0 saturated carbocycles. The molecule has 0 bridgehead atoms. The van der Waals surface area contributed by atoms with Crippen LogP contribution in [-0.4, -0.2) is 24.4 Å². The number of hydrogen-bond donors (Lipinski definition) is 1. The number of anilines is 1. The molecule has 0 fully saturated rings. The molecule has 134 valence electrons. The van der Waals surface area contributed by atoms with Crippen LogP contribution in [-0.2, 0) is 22.9 Å². The second-order valence-corrected chi connectivity index (χ2v) is 8.50. The van der Waals surface area contributed by atoms with Crippen molar-refractivity contribution in [2.75, 3.05) is 10.5 Å². The number of halogens is 3. The number of nitrogens with zero attached hydrogens (tertiary/aromatic N) is 2. The van der Waals surface area contributed by atoms with Gasteiger partial charge in [0, 0.05) is 5.56 Å². The summed E-state index contributed by atoms with van der Waals surface area (Å²) in [5, 5.41) is 8.80. The average molecular weight is 404 g/mol. The molecule has 0 saturated heterocycles. The standard InChI is InChI=1S/C16H16Cl2FN3O2S/c1-2-6-25(23,24)22-14-7-10(11(17)8-12(14)19)16-15(18)9-4-3-5-13(9)20-21-16/h7-8,22H,2-6H2,1H3. The number of rotatable bonds is 5. The highest BCUT2D eigenvalue weighted by molar-refractivity contribution is 7.92. The van der Waals surface area contributed by atoms with Gasteiger partial charge in [-0.1, -0.05) is 30.1 Å². The number of aromatic nitrogens is 2. The highest BCUT2D eigenvalue weighted by Gasteiger charge is 2.23. The van der Waals surface area contributed by atoms with Crippen LogP contribution in [0.2, 0.25) is 10.0 Å². The van der Waals surface area contributed by atoms with Gasteiger partial charge >= 0.3 is 0 Å². The van der Waals surface area contributed by atoms with E-state index in [4.69, 9.17) is 23.2 Å². The molecule has 5 nitrogen and oxygen atoms in total. The van der Waals surface area contributed by atoms with Gasteiger partial charge in [0.05, 0.1) is 27.2 Å². The lowest BCUT2D eigenvalue weighted by Gasteiger charge is -2.13. The third kappa shape index (κ3) is 3.73. The molecule has 1 heterocycles. The van der Waals surface area contributed by atoms with Crippen molar-refractivity contribution in [3.63, 3.8) is 0 Å². The van der Waals surface area contributed by atoms with Crippen molar-refractivity contribution in [1.82, 2.24) is 10.2 Å². The average Bonchev–Trinajstić information content (AvgIpc) is 3.00. The first-order valence-corrected chi connectivity index (χ1v) is 10.3. The topological polar surface area (TPSA) is 72.0 Å². The summed E-state index contributed by atoms with van der Waals surface area (Å²) in [6.45, 7) is 1.72. The highest BCUT2D eigenvalue weighted by atomic mass is 35.5. The lowest BCUT2D eigenvalue weighted by atomic mass is 10.1.